The molecule has 0 saturated carbocycles. The average Bonchev–Trinajstić information content (AvgIpc) is 2.50. The predicted molar refractivity (Wildman–Crippen MR) is 95.3 cm³/mol. The predicted octanol–water partition coefficient (Wildman–Crippen LogP) is 7.10. The molecule has 21 heavy (non-hydrogen) atoms. The molecule has 117 valence electrons. The first-order valence-electron chi connectivity index (χ1n) is 9.05. The molecule has 0 bridgehead atoms. The van der Waals surface area contributed by atoms with Crippen molar-refractivity contribution in [3.63, 3.8) is 0 Å². The molecule has 0 aliphatic heterocycles. The van der Waals surface area contributed by atoms with Gasteiger partial charge in [-0.05, 0) is 31.8 Å². The maximum absolute atomic E-state index is 3.35. The normalized spacial score (nSPS) is 27.0. The first-order chi connectivity index (χ1) is 10.5. The van der Waals surface area contributed by atoms with Gasteiger partial charge in [0.15, 0.2) is 0 Å². The molecule has 1 rings (SSSR count). The second-order valence-electron chi connectivity index (χ2n) is 6.00. The Morgan fingerprint density at radius 2 is 1.00 bits per heavy atom. The maximum Gasteiger partial charge on any atom is -0.0276 e. The first kappa shape index (κ1) is 18.0. The molecular formula is C21H33. The Balaban J connectivity index is 2.23. The van der Waals surface area contributed by atoms with E-state index in [0.717, 1.165) is 6.42 Å². The minimum absolute atomic E-state index is 1.11. The molecule has 0 heteroatoms. The minimum Gasteiger partial charge on any atom is -0.0845 e. The molecule has 1 radical (unpaired) electrons. The van der Waals surface area contributed by atoms with Crippen LogP contribution in [0.15, 0.2) is 42.5 Å². The zero-order valence-corrected chi connectivity index (χ0v) is 13.7. The van der Waals surface area contributed by atoms with Crippen LogP contribution in [0.4, 0.5) is 0 Å². The molecule has 0 atom stereocenters. The van der Waals surface area contributed by atoms with Crippen LogP contribution in [-0.2, 0) is 0 Å². The van der Waals surface area contributed by atoms with Gasteiger partial charge in [-0.2, -0.15) is 0 Å². The quantitative estimate of drug-likeness (QED) is 0.445. The van der Waals surface area contributed by atoms with Gasteiger partial charge in [0.05, 0.1) is 0 Å². The van der Waals surface area contributed by atoms with Crippen molar-refractivity contribution in [1.82, 2.24) is 0 Å². The van der Waals surface area contributed by atoms with Crippen molar-refractivity contribution in [2.75, 3.05) is 0 Å². The van der Waals surface area contributed by atoms with Crippen LogP contribution in [0.1, 0.15) is 83.5 Å². The van der Waals surface area contributed by atoms with Gasteiger partial charge in [-0.3, -0.25) is 0 Å². The van der Waals surface area contributed by atoms with Gasteiger partial charge in [0, 0.05) is 0 Å². The van der Waals surface area contributed by atoms with Gasteiger partial charge in [-0.1, -0.05) is 100 Å². The SMILES string of the molecule is [C]1=C/C=C/C=C/C=C/CCCCCCCCCCCCC/1. The summed E-state index contributed by atoms with van der Waals surface area (Å²) in [6.45, 7) is 0. The van der Waals surface area contributed by atoms with E-state index in [2.05, 4.69) is 48.6 Å². The van der Waals surface area contributed by atoms with E-state index >= 15 is 0 Å². The van der Waals surface area contributed by atoms with E-state index in [1.54, 1.807) is 0 Å². The molecule has 1 aliphatic rings. The fourth-order valence-electron chi connectivity index (χ4n) is 2.65. The highest BCUT2D eigenvalue weighted by Crippen LogP contribution is 2.12. The van der Waals surface area contributed by atoms with Crippen molar-refractivity contribution in [1.29, 1.82) is 0 Å². The van der Waals surface area contributed by atoms with Crippen LogP contribution in [-0.4, -0.2) is 0 Å². The van der Waals surface area contributed by atoms with Crippen LogP contribution in [0, 0.1) is 6.08 Å². The zero-order valence-electron chi connectivity index (χ0n) is 13.7. The summed E-state index contributed by atoms with van der Waals surface area (Å²) in [5.41, 5.74) is 0. The Hall–Kier alpha value is -1.04. The Morgan fingerprint density at radius 3 is 1.71 bits per heavy atom. The van der Waals surface area contributed by atoms with Crippen LogP contribution in [0.25, 0.3) is 0 Å². The van der Waals surface area contributed by atoms with Gasteiger partial charge < -0.3 is 0 Å². The van der Waals surface area contributed by atoms with Gasteiger partial charge in [-0.15, -0.1) is 0 Å². The molecule has 0 spiro atoms. The summed E-state index contributed by atoms with van der Waals surface area (Å²) >= 11 is 0. The van der Waals surface area contributed by atoms with E-state index in [1.165, 1.54) is 77.0 Å². The molecule has 0 aromatic heterocycles. The van der Waals surface area contributed by atoms with Crippen molar-refractivity contribution in [3.05, 3.63) is 48.6 Å². The molecule has 0 aromatic carbocycles. The lowest BCUT2D eigenvalue weighted by molar-refractivity contribution is 0.547. The van der Waals surface area contributed by atoms with Gasteiger partial charge in [0.25, 0.3) is 0 Å². The Morgan fingerprint density at radius 1 is 0.476 bits per heavy atom. The van der Waals surface area contributed by atoms with E-state index in [1.807, 2.05) is 0 Å². The van der Waals surface area contributed by atoms with Crippen LogP contribution in [0.5, 0.6) is 0 Å². The van der Waals surface area contributed by atoms with E-state index in [0.29, 0.717) is 0 Å². The molecule has 0 amide bonds. The number of hydrogen-bond donors (Lipinski definition) is 0. The molecule has 0 nitrogen and oxygen atoms in total. The largest absolute Gasteiger partial charge is 0.0845 e. The van der Waals surface area contributed by atoms with E-state index in [-0.39, 0.29) is 0 Å². The third kappa shape index (κ3) is 13.7. The van der Waals surface area contributed by atoms with Crippen molar-refractivity contribution in [2.24, 2.45) is 0 Å². The third-order valence-electron chi connectivity index (χ3n) is 3.99. The fourth-order valence-corrected chi connectivity index (χ4v) is 2.65. The fraction of sp³-hybridized carbons (Fsp3) is 0.619. The highest BCUT2D eigenvalue weighted by Gasteiger charge is 1.93. The van der Waals surface area contributed by atoms with Crippen LogP contribution in [0.3, 0.4) is 0 Å². The topological polar surface area (TPSA) is 0 Å². The van der Waals surface area contributed by atoms with Gasteiger partial charge in [0.2, 0.25) is 0 Å². The smallest absolute Gasteiger partial charge is 0.0276 e. The second kappa shape index (κ2) is 15.4. The first-order valence-corrected chi connectivity index (χ1v) is 9.05. The standard InChI is InChI=1S/C21H33/c1-2-4-6-8-10-12-14-16-18-20-21-19-17-15-13-11-9-7-5-3-1/h1-7H,8,10-21H2/b2-1+,5-3+,6-4+,9-7?. The van der Waals surface area contributed by atoms with Gasteiger partial charge in [0.1, 0.15) is 0 Å². The Kier molecular flexibility index (Phi) is 13.2. The maximum atomic E-state index is 3.35. The van der Waals surface area contributed by atoms with Crippen LogP contribution >= 0.6 is 0 Å². The lowest BCUT2D eigenvalue weighted by atomic mass is 10.0. The molecule has 0 N–H and O–H groups in total. The minimum atomic E-state index is 1.11. The van der Waals surface area contributed by atoms with Crippen LogP contribution < -0.4 is 0 Å². The summed E-state index contributed by atoms with van der Waals surface area (Å²) in [4.78, 5) is 0. The summed E-state index contributed by atoms with van der Waals surface area (Å²) < 4.78 is 0. The summed E-state index contributed by atoms with van der Waals surface area (Å²) in [7, 11) is 0. The summed E-state index contributed by atoms with van der Waals surface area (Å²) in [6, 6.07) is 0. The van der Waals surface area contributed by atoms with E-state index in [9.17, 15) is 0 Å². The Bertz CT molecular complexity index is 285. The van der Waals surface area contributed by atoms with Crippen molar-refractivity contribution < 1.29 is 0 Å². The molecule has 0 heterocycles. The lowest BCUT2D eigenvalue weighted by Gasteiger charge is -2.02. The van der Waals surface area contributed by atoms with Gasteiger partial charge in [-0.25, -0.2) is 0 Å². The highest BCUT2D eigenvalue weighted by atomic mass is 14.0. The molecule has 0 saturated heterocycles. The second-order valence-corrected chi connectivity index (χ2v) is 6.00. The Labute approximate surface area is 132 Å². The number of hydrogen-bond acceptors (Lipinski definition) is 0. The molecule has 1 aliphatic carbocycles. The summed E-state index contributed by atoms with van der Waals surface area (Å²) in [6.07, 6.45) is 36.0. The molecular weight excluding hydrogens is 252 g/mol. The number of rotatable bonds is 0. The summed E-state index contributed by atoms with van der Waals surface area (Å²) in [5.74, 6) is 0. The highest BCUT2D eigenvalue weighted by molar-refractivity contribution is 5.14. The monoisotopic (exact) mass is 285 g/mol. The van der Waals surface area contributed by atoms with E-state index < -0.39 is 0 Å². The average molecular weight is 285 g/mol. The van der Waals surface area contributed by atoms with E-state index in [4.69, 9.17) is 0 Å². The molecule has 0 unspecified atom stereocenters. The van der Waals surface area contributed by atoms with Gasteiger partial charge >= 0.3 is 0 Å². The summed E-state index contributed by atoms with van der Waals surface area (Å²) in [5, 5.41) is 0. The molecule has 0 fully saturated rings. The zero-order chi connectivity index (χ0) is 14.8. The van der Waals surface area contributed by atoms with Crippen LogP contribution in [0.2, 0.25) is 0 Å². The van der Waals surface area contributed by atoms with Crippen molar-refractivity contribution >= 4 is 0 Å². The van der Waals surface area contributed by atoms with Crippen molar-refractivity contribution in [2.45, 2.75) is 83.5 Å². The number of allylic oxidation sites excluding steroid dienone is 8. The third-order valence-corrected chi connectivity index (χ3v) is 3.99. The molecule has 0 aromatic rings. The van der Waals surface area contributed by atoms with Crippen molar-refractivity contribution in [3.8, 4) is 0 Å². The lowest BCUT2D eigenvalue weighted by Crippen LogP contribution is -1.82.